The molecule has 0 saturated heterocycles. The molecule has 19 heavy (non-hydrogen) atoms. The van der Waals surface area contributed by atoms with Crippen molar-refractivity contribution in [1.29, 1.82) is 0 Å². The number of carbonyl (C=O) groups excluding carboxylic acids is 1. The highest BCUT2D eigenvalue weighted by Gasteiger charge is 2.34. The van der Waals surface area contributed by atoms with E-state index in [0.717, 1.165) is 31.4 Å². The number of ether oxygens (including phenoxy) is 1. The lowest BCUT2D eigenvalue weighted by Crippen LogP contribution is -2.14. The number of rotatable bonds is 3. The molecular weight excluding hydrogens is 395 g/mol. The van der Waals surface area contributed by atoms with Crippen LogP contribution in [0.25, 0.3) is 10.0 Å². The van der Waals surface area contributed by atoms with Crippen LogP contribution in [0.2, 0.25) is 0 Å². The zero-order valence-corrected chi connectivity index (χ0v) is 14.0. The van der Waals surface area contributed by atoms with E-state index in [1.807, 2.05) is 13.1 Å². The first-order valence-electron chi connectivity index (χ1n) is 5.97. The predicted molar refractivity (Wildman–Crippen MR) is 83.6 cm³/mol. The number of aryl methyl sites for hydroxylation is 1. The number of halogens is 1. The first kappa shape index (κ1) is 13.4. The van der Waals surface area contributed by atoms with Crippen LogP contribution in [0.5, 0.6) is 0 Å². The van der Waals surface area contributed by atoms with Crippen LogP contribution in [-0.4, -0.2) is 22.5 Å². The molecule has 2 aromatic heterocycles. The van der Waals surface area contributed by atoms with Gasteiger partial charge >= 0.3 is 5.97 Å². The summed E-state index contributed by atoms with van der Waals surface area (Å²) in [6, 6.07) is 0. The Morgan fingerprint density at radius 1 is 1.53 bits per heavy atom. The van der Waals surface area contributed by atoms with Gasteiger partial charge in [0, 0.05) is 4.88 Å². The van der Waals surface area contributed by atoms with E-state index >= 15 is 0 Å². The van der Waals surface area contributed by atoms with Gasteiger partial charge < -0.3 is 4.74 Å². The fraction of sp³-hybridized carbons (Fsp3) is 0.417. The van der Waals surface area contributed by atoms with Crippen molar-refractivity contribution >= 4 is 51.2 Å². The monoisotopic (exact) mass is 406 g/mol. The van der Waals surface area contributed by atoms with E-state index in [-0.39, 0.29) is 11.9 Å². The van der Waals surface area contributed by atoms with Gasteiger partial charge in [0.15, 0.2) is 10.0 Å². The maximum absolute atomic E-state index is 11.9. The minimum Gasteiger partial charge on any atom is -0.465 e. The Kier molecular flexibility index (Phi) is 3.86. The Bertz CT molecular complexity index is 623. The number of hydrogen-bond acceptors (Lipinski definition) is 6. The summed E-state index contributed by atoms with van der Waals surface area (Å²) >= 11 is 5.53. The Morgan fingerprint density at radius 2 is 2.37 bits per heavy atom. The quantitative estimate of drug-likeness (QED) is 0.579. The van der Waals surface area contributed by atoms with Crippen molar-refractivity contribution in [1.82, 2.24) is 9.97 Å². The average Bonchev–Trinajstić information content (AvgIpc) is 3.02. The van der Waals surface area contributed by atoms with Crippen molar-refractivity contribution in [2.24, 2.45) is 0 Å². The van der Waals surface area contributed by atoms with Crippen LogP contribution in [0, 0.1) is 2.88 Å². The SMILES string of the molecule is CCOC(=O)C1CCc2sc(-c3ncc(I)s3)nc21. The van der Waals surface area contributed by atoms with Gasteiger partial charge in [-0.25, -0.2) is 9.97 Å². The second-order valence-electron chi connectivity index (χ2n) is 4.14. The second kappa shape index (κ2) is 5.45. The number of fused-ring (bicyclic) bond motifs is 1. The van der Waals surface area contributed by atoms with Crippen molar-refractivity contribution in [3.8, 4) is 10.0 Å². The van der Waals surface area contributed by atoms with Crippen molar-refractivity contribution in [2.75, 3.05) is 6.61 Å². The maximum Gasteiger partial charge on any atom is 0.315 e. The van der Waals surface area contributed by atoms with Gasteiger partial charge in [-0.1, -0.05) is 0 Å². The molecule has 2 heterocycles. The van der Waals surface area contributed by atoms with E-state index in [9.17, 15) is 4.79 Å². The second-order valence-corrected chi connectivity index (χ2v) is 8.15. The van der Waals surface area contributed by atoms with Gasteiger partial charge in [0.25, 0.3) is 0 Å². The molecule has 0 aromatic carbocycles. The fourth-order valence-electron chi connectivity index (χ4n) is 2.14. The summed E-state index contributed by atoms with van der Waals surface area (Å²) in [6.45, 7) is 2.25. The third kappa shape index (κ3) is 2.55. The van der Waals surface area contributed by atoms with Crippen molar-refractivity contribution < 1.29 is 9.53 Å². The summed E-state index contributed by atoms with van der Waals surface area (Å²) in [5, 5.41) is 1.86. The van der Waals surface area contributed by atoms with Crippen LogP contribution >= 0.6 is 45.3 Å². The number of hydrogen-bond donors (Lipinski definition) is 0. The molecule has 0 amide bonds. The molecule has 0 radical (unpaired) electrons. The summed E-state index contributed by atoms with van der Waals surface area (Å²) in [5.74, 6) is -0.328. The van der Waals surface area contributed by atoms with Crippen LogP contribution in [-0.2, 0) is 16.0 Å². The Labute approximate surface area is 132 Å². The summed E-state index contributed by atoms with van der Waals surface area (Å²) in [6.07, 6.45) is 3.58. The number of aromatic nitrogens is 2. The molecule has 7 heteroatoms. The predicted octanol–water partition coefficient (Wildman–Crippen LogP) is 3.46. The number of esters is 1. The van der Waals surface area contributed by atoms with Crippen LogP contribution in [0.4, 0.5) is 0 Å². The van der Waals surface area contributed by atoms with Gasteiger partial charge in [-0.3, -0.25) is 4.79 Å². The highest BCUT2D eigenvalue weighted by atomic mass is 127. The molecule has 0 fully saturated rings. The molecule has 100 valence electrons. The molecule has 1 unspecified atom stereocenters. The summed E-state index contributed by atoms with van der Waals surface area (Å²) in [7, 11) is 0. The molecule has 1 aliphatic rings. The molecular formula is C12H11IN2O2S2. The summed E-state index contributed by atoms with van der Waals surface area (Å²) in [4.78, 5) is 22.1. The number of carbonyl (C=O) groups is 1. The zero-order chi connectivity index (χ0) is 13.4. The van der Waals surface area contributed by atoms with Crippen LogP contribution < -0.4 is 0 Å². The molecule has 2 aromatic rings. The minimum atomic E-state index is -0.181. The molecule has 0 spiro atoms. The van der Waals surface area contributed by atoms with Gasteiger partial charge in [-0.2, -0.15) is 0 Å². The normalized spacial score (nSPS) is 17.5. The van der Waals surface area contributed by atoms with Gasteiger partial charge in [0.1, 0.15) is 5.92 Å². The summed E-state index contributed by atoms with van der Waals surface area (Å²) < 4.78 is 6.26. The average molecular weight is 406 g/mol. The van der Waals surface area contributed by atoms with Gasteiger partial charge in [0.05, 0.1) is 21.4 Å². The van der Waals surface area contributed by atoms with E-state index in [0.29, 0.717) is 6.61 Å². The molecule has 1 aliphatic carbocycles. The zero-order valence-electron chi connectivity index (χ0n) is 10.2. The first-order chi connectivity index (χ1) is 9.19. The number of thiazole rings is 2. The molecule has 4 nitrogen and oxygen atoms in total. The smallest absolute Gasteiger partial charge is 0.315 e. The van der Waals surface area contributed by atoms with Gasteiger partial charge in [-0.05, 0) is 42.4 Å². The molecule has 3 rings (SSSR count). The molecule has 1 atom stereocenters. The minimum absolute atomic E-state index is 0.146. The Morgan fingerprint density at radius 3 is 3.05 bits per heavy atom. The van der Waals surface area contributed by atoms with Crippen LogP contribution in [0.15, 0.2) is 6.20 Å². The van der Waals surface area contributed by atoms with Gasteiger partial charge in [-0.15, -0.1) is 22.7 Å². The van der Waals surface area contributed by atoms with Crippen molar-refractivity contribution in [3.63, 3.8) is 0 Å². The molecule has 0 aliphatic heterocycles. The van der Waals surface area contributed by atoms with Crippen LogP contribution in [0.3, 0.4) is 0 Å². The highest BCUT2D eigenvalue weighted by molar-refractivity contribution is 14.1. The molecule has 0 bridgehead atoms. The van der Waals surface area contributed by atoms with Crippen LogP contribution in [0.1, 0.15) is 29.8 Å². The Hall–Kier alpha value is -0.540. The summed E-state index contributed by atoms with van der Waals surface area (Å²) in [5.41, 5.74) is 0.906. The third-order valence-electron chi connectivity index (χ3n) is 2.95. The largest absolute Gasteiger partial charge is 0.465 e. The lowest BCUT2D eigenvalue weighted by atomic mass is 10.1. The highest BCUT2D eigenvalue weighted by Crippen LogP contribution is 2.41. The Balaban J connectivity index is 1.90. The lowest BCUT2D eigenvalue weighted by Gasteiger charge is -2.07. The van der Waals surface area contributed by atoms with E-state index in [1.54, 1.807) is 22.7 Å². The van der Waals surface area contributed by atoms with E-state index < -0.39 is 0 Å². The van der Waals surface area contributed by atoms with E-state index in [4.69, 9.17) is 4.74 Å². The lowest BCUT2D eigenvalue weighted by molar-refractivity contribution is -0.145. The van der Waals surface area contributed by atoms with Gasteiger partial charge in [0.2, 0.25) is 0 Å². The number of nitrogens with zero attached hydrogens (tertiary/aromatic N) is 2. The third-order valence-corrected chi connectivity index (χ3v) is 5.95. The first-order valence-corrected chi connectivity index (χ1v) is 8.68. The van der Waals surface area contributed by atoms with E-state index in [1.165, 1.54) is 4.88 Å². The molecule has 0 N–H and O–H groups in total. The standard InChI is InChI=1S/C12H11IN2O2S2/c1-2-17-12(16)6-3-4-7-9(6)15-11(18-7)10-14-5-8(13)19-10/h5-6H,2-4H2,1H3. The van der Waals surface area contributed by atoms with Crippen molar-refractivity contribution in [3.05, 3.63) is 19.7 Å². The van der Waals surface area contributed by atoms with E-state index in [2.05, 4.69) is 32.6 Å². The maximum atomic E-state index is 11.9. The fourth-order valence-corrected chi connectivity index (χ4v) is 4.72. The topological polar surface area (TPSA) is 52.1 Å². The molecule has 0 saturated carbocycles. The van der Waals surface area contributed by atoms with Crippen molar-refractivity contribution in [2.45, 2.75) is 25.7 Å².